The highest BCUT2D eigenvalue weighted by atomic mass is 16.6. The number of fused-ring (bicyclic) bond motifs is 4. The number of anilines is 1. The quantitative estimate of drug-likeness (QED) is 0.211. The molecule has 0 unspecified atom stereocenters. The molecule has 4 atom stereocenters. The molecule has 0 N–H and O–H groups in total. The number of benzene rings is 2. The highest BCUT2D eigenvalue weighted by molar-refractivity contribution is 5.99. The van der Waals surface area contributed by atoms with E-state index in [9.17, 15) is 19.7 Å². The van der Waals surface area contributed by atoms with Crippen LogP contribution in [0.4, 0.5) is 11.4 Å². The number of carbonyl (C=O) groups is 2. The van der Waals surface area contributed by atoms with Gasteiger partial charge >= 0.3 is 5.97 Å². The van der Waals surface area contributed by atoms with Crippen LogP contribution in [0.1, 0.15) is 56.5 Å². The van der Waals surface area contributed by atoms with Crippen molar-refractivity contribution in [1.82, 2.24) is 0 Å². The Morgan fingerprint density at radius 3 is 2.09 bits per heavy atom. The molecular formula is C27H24N2O5. The molecule has 172 valence electrons. The molecule has 0 saturated heterocycles. The zero-order valence-corrected chi connectivity index (χ0v) is 18.6. The van der Waals surface area contributed by atoms with Crippen LogP contribution >= 0.6 is 0 Å². The summed E-state index contributed by atoms with van der Waals surface area (Å²) in [6.45, 7) is 1.69. The van der Waals surface area contributed by atoms with E-state index in [0.29, 0.717) is 29.2 Å². The second kappa shape index (κ2) is 7.94. The van der Waals surface area contributed by atoms with E-state index in [1.165, 1.54) is 41.1 Å². The van der Waals surface area contributed by atoms with Crippen LogP contribution in [0.15, 0.2) is 60.7 Å². The first kappa shape index (κ1) is 20.8. The van der Waals surface area contributed by atoms with Gasteiger partial charge in [0.2, 0.25) is 0 Å². The minimum atomic E-state index is -0.522. The van der Waals surface area contributed by atoms with Gasteiger partial charge in [-0.05, 0) is 60.1 Å². The topological polar surface area (TPSA) is 89.8 Å². The number of ether oxygens (including phenoxy) is 1. The highest BCUT2D eigenvalue weighted by Gasteiger charge is 2.42. The average molecular weight is 456 g/mol. The largest absolute Gasteiger partial charge is 0.454 e. The first-order valence-electron chi connectivity index (χ1n) is 11.7. The zero-order valence-electron chi connectivity index (χ0n) is 18.6. The molecule has 0 aromatic heterocycles. The highest BCUT2D eigenvalue weighted by Crippen LogP contribution is 2.53. The number of nitrogens with zero attached hydrogens (tertiary/aromatic N) is 2. The SMILES string of the molecule is O=C(COC(=O)c1cc2c3c(c1)[C@@H]1C=CC[C@H]1CN3C[C@@H]1CC=C[C@@H]21)c1ccc([N+](=O)[O-])cc1. The molecule has 0 spiro atoms. The Morgan fingerprint density at radius 1 is 0.941 bits per heavy atom. The summed E-state index contributed by atoms with van der Waals surface area (Å²) in [4.78, 5) is 38.3. The molecule has 7 nitrogen and oxygen atoms in total. The lowest BCUT2D eigenvalue weighted by atomic mass is 9.74. The Kier molecular flexibility index (Phi) is 4.86. The van der Waals surface area contributed by atoms with Gasteiger partial charge in [0.1, 0.15) is 0 Å². The molecular weight excluding hydrogens is 432 g/mol. The maximum atomic E-state index is 13.0. The molecule has 7 heteroatoms. The van der Waals surface area contributed by atoms with Crippen LogP contribution < -0.4 is 4.90 Å². The fourth-order valence-electron chi connectivity index (χ4n) is 6.06. The molecule has 0 amide bonds. The normalized spacial score (nSPS) is 25.5. The summed E-state index contributed by atoms with van der Waals surface area (Å²) in [6.07, 6.45) is 11.1. The third-order valence-corrected chi connectivity index (χ3v) is 7.66. The van der Waals surface area contributed by atoms with Crippen molar-refractivity contribution in [2.24, 2.45) is 11.8 Å². The maximum absolute atomic E-state index is 13.0. The van der Waals surface area contributed by atoms with Crippen molar-refractivity contribution in [1.29, 1.82) is 0 Å². The van der Waals surface area contributed by atoms with E-state index in [1.54, 1.807) is 0 Å². The van der Waals surface area contributed by atoms with E-state index < -0.39 is 23.3 Å². The van der Waals surface area contributed by atoms with Crippen molar-refractivity contribution in [2.45, 2.75) is 24.7 Å². The number of nitro groups is 1. The van der Waals surface area contributed by atoms with Gasteiger partial charge in [-0.15, -0.1) is 0 Å². The summed E-state index contributed by atoms with van der Waals surface area (Å²) < 4.78 is 5.41. The van der Waals surface area contributed by atoms with Gasteiger partial charge in [0.25, 0.3) is 5.69 Å². The Morgan fingerprint density at radius 2 is 1.53 bits per heavy atom. The van der Waals surface area contributed by atoms with Crippen molar-refractivity contribution in [3.05, 3.63) is 93.1 Å². The molecule has 0 bridgehead atoms. The lowest BCUT2D eigenvalue weighted by molar-refractivity contribution is -0.384. The van der Waals surface area contributed by atoms with Crippen LogP contribution in [0.25, 0.3) is 0 Å². The van der Waals surface area contributed by atoms with Crippen molar-refractivity contribution in [2.75, 3.05) is 24.6 Å². The van der Waals surface area contributed by atoms with E-state index in [1.807, 2.05) is 12.1 Å². The number of hydrogen-bond donors (Lipinski definition) is 0. The van der Waals surface area contributed by atoms with Crippen molar-refractivity contribution in [3.63, 3.8) is 0 Å². The number of allylic oxidation sites excluding steroid dienone is 4. The summed E-state index contributed by atoms with van der Waals surface area (Å²) in [5, 5.41) is 10.8. The van der Waals surface area contributed by atoms with Crippen molar-refractivity contribution >= 4 is 23.1 Å². The van der Waals surface area contributed by atoms with Crippen LogP contribution in [0.5, 0.6) is 0 Å². The minimum absolute atomic E-state index is 0.0934. The van der Waals surface area contributed by atoms with Crippen molar-refractivity contribution in [3.8, 4) is 0 Å². The van der Waals surface area contributed by atoms with Crippen LogP contribution in [-0.2, 0) is 4.74 Å². The van der Waals surface area contributed by atoms with Crippen molar-refractivity contribution < 1.29 is 19.2 Å². The minimum Gasteiger partial charge on any atom is -0.454 e. The molecule has 6 rings (SSSR count). The molecule has 4 aliphatic rings. The Hall–Kier alpha value is -3.74. The van der Waals surface area contributed by atoms with Crippen LogP contribution in [-0.4, -0.2) is 36.4 Å². The van der Waals surface area contributed by atoms with Gasteiger partial charge in [-0.1, -0.05) is 24.3 Å². The third kappa shape index (κ3) is 3.34. The number of rotatable bonds is 5. The van der Waals surface area contributed by atoms with Crippen LogP contribution in [0.2, 0.25) is 0 Å². The van der Waals surface area contributed by atoms with E-state index in [4.69, 9.17) is 4.74 Å². The number of esters is 1. The fourth-order valence-corrected chi connectivity index (χ4v) is 6.06. The van der Waals surface area contributed by atoms with E-state index >= 15 is 0 Å². The van der Waals surface area contributed by atoms with Gasteiger partial charge in [0.15, 0.2) is 12.4 Å². The first-order chi connectivity index (χ1) is 16.5. The van der Waals surface area contributed by atoms with E-state index in [-0.39, 0.29) is 11.3 Å². The molecule has 0 saturated carbocycles. The molecule has 2 aliphatic heterocycles. The molecule has 0 fully saturated rings. The van der Waals surface area contributed by atoms with E-state index in [2.05, 4.69) is 29.2 Å². The molecule has 0 radical (unpaired) electrons. The van der Waals surface area contributed by atoms with Crippen LogP contribution in [0, 0.1) is 22.0 Å². The molecule has 2 aliphatic carbocycles. The maximum Gasteiger partial charge on any atom is 0.338 e. The van der Waals surface area contributed by atoms with Gasteiger partial charge < -0.3 is 9.64 Å². The van der Waals surface area contributed by atoms with Gasteiger partial charge in [-0.2, -0.15) is 0 Å². The number of carbonyl (C=O) groups excluding carboxylic acids is 2. The summed E-state index contributed by atoms with van der Waals surface area (Å²) in [5.74, 6) is 0.755. The molecule has 2 heterocycles. The summed E-state index contributed by atoms with van der Waals surface area (Å²) >= 11 is 0. The van der Waals surface area contributed by atoms with E-state index in [0.717, 1.165) is 25.9 Å². The number of Topliss-reactive ketones (excluding diaryl/α,β-unsaturated/α-hetero) is 1. The number of nitro benzene ring substituents is 1. The predicted molar refractivity (Wildman–Crippen MR) is 126 cm³/mol. The number of hydrogen-bond acceptors (Lipinski definition) is 6. The summed E-state index contributed by atoms with van der Waals surface area (Å²) in [5.41, 5.74) is 4.31. The number of ketones is 1. The lowest BCUT2D eigenvalue weighted by Gasteiger charge is -2.46. The summed E-state index contributed by atoms with van der Waals surface area (Å²) in [6, 6.07) is 9.21. The predicted octanol–water partition coefficient (Wildman–Crippen LogP) is 4.79. The second-order valence-electron chi connectivity index (χ2n) is 9.61. The Bertz CT molecular complexity index is 1210. The van der Waals surface area contributed by atoms with Gasteiger partial charge in [0.05, 0.1) is 10.5 Å². The smallest absolute Gasteiger partial charge is 0.338 e. The second-order valence-corrected chi connectivity index (χ2v) is 9.61. The Balaban J connectivity index is 1.27. The number of non-ortho nitro benzene ring substituents is 1. The Labute approximate surface area is 196 Å². The monoisotopic (exact) mass is 456 g/mol. The lowest BCUT2D eigenvalue weighted by Crippen LogP contribution is -2.43. The van der Waals surface area contributed by atoms with Gasteiger partial charge in [-0.25, -0.2) is 4.79 Å². The fraction of sp³-hybridized carbons (Fsp3) is 0.333. The molecule has 2 aromatic carbocycles. The third-order valence-electron chi connectivity index (χ3n) is 7.66. The van der Waals surface area contributed by atoms with Gasteiger partial charge in [-0.3, -0.25) is 14.9 Å². The molecule has 2 aromatic rings. The summed E-state index contributed by atoms with van der Waals surface area (Å²) in [7, 11) is 0. The average Bonchev–Trinajstić information content (AvgIpc) is 3.52. The van der Waals surface area contributed by atoms with Gasteiger partial charge in [0, 0.05) is 48.3 Å². The zero-order chi connectivity index (χ0) is 23.4. The van der Waals surface area contributed by atoms with Crippen LogP contribution in [0.3, 0.4) is 0 Å². The molecule has 34 heavy (non-hydrogen) atoms. The standard InChI is InChI=1S/C27H24N2O5/c30-25(16-7-9-20(10-8-16)29(32)33)15-34-27(31)19-11-23-21-5-1-3-17(21)13-28-14-18-4-2-6-22(18)24(12-19)26(23)28/h1-2,5-12,17-18,21-22H,3-4,13-15H2/t17-,18-,21+,22+/m0/s1. The first-order valence-corrected chi connectivity index (χ1v) is 11.7.